The molecule has 1 aromatic heterocycles. The van der Waals surface area contributed by atoms with E-state index in [9.17, 15) is 0 Å². The molecule has 2 rings (SSSR count). The summed E-state index contributed by atoms with van der Waals surface area (Å²) in [5.74, 6) is 5.71. The first kappa shape index (κ1) is 14.4. The van der Waals surface area contributed by atoms with Gasteiger partial charge in [-0.2, -0.15) is 0 Å². The van der Waals surface area contributed by atoms with Gasteiger partial charge in [0, 0.05) is 10.4 Å². The molecule has 102 valence electrons. The highest BCUT2D eigenvalue weighted by atomic mass is 35.5. The van der Waals surface area contributed by atoms with Crippen LogP contribution >= 0.6 is 23.1 Å². The first-order valence-electron chi connectivity index (χ1n) is 5.98. The fraction of sp³-hybridized carbons (Fsp3) is 0.385. The second kappa shape index (κ2) is 5.54. The van der Waals surface area contributed by atoms with Crippen LogP contribution in [0.5, 0.6) is 0 Å². The molecule has 6 heteroatoms. The fourth-order valence-electron chi connectivity index (χ4n) is 1.89. The van der Waals surface area contributed by atoms with Gasteiger partial charge in [0.1, 0.15) is 0 Å². The maximum absolute atomic E-state index is 5.91. The van der Waals surface area contributed by atoms with Crippen LogP contribution in [0.4, 0.5) is 0 Å². The average molecular weight is 297 g/mol. The zero-order chi connectivity index (χ0) is 14.0. The molecule has 1 aromatic carbocycles. The van der Waals surface area contributed by atoms with Crippen molar-refractivity contribution in [3.63, 3.8) is 0 Å². The van der Waals surface area contributed by atoms with Crippen LogP contribution in [0.25, 0.3) is 0 Å². The third-order valence-corrected chi connectivity index (χ3v) is 3.90. The maximum atomic E-state index is 5.91. The van der Waals surface area contributed by atoms with E-state index in [-0.39, 0.29) is 11.5 Å². The van der Waals surface area contributed by atoms with E-state index < -0.39 is 0 Å². The Morgan fingerprint density at radius 1 is 1.26 bits per heavy atom. The van der Waals surface area contributed by atoms with Gasteiger partial charge in [0.15, 0.2) is 0 Å². The summed E-state index contributed by atoms with van der Waals surface area (Å²) in [7, 11) is 0. The van der Waals surface area contributed by atoms with Crippen molar-refractivity contribution < 1.29 is 0 Å². The Morgan fingerprint density at radius 3 is 2.42 bits per heavy atom. The SMILES string of the molecule is CC(C)(C)c1nnsc1C(NN)c1ccc(Cl)cc1. The van der Waals surface area contributed by atoms with Crippen LogP contribution in [0.15, 0.2) is 24.3 Å². The molecule has 0 fully saturated rings. The van der Waals surface area contributed by atoms with E-state index in [1.54, 1.807) is 0 Å². The minimum absolute atomic E-state index is 0.0656. The number of hydrogen-bond acceptors (Lipinski definition) is 5. The van der Waals surface area contributed by atoms with Crippen molar-refractivity contribution in [2.24, 2.45) is 5.84 Å². The summed E-state index contributed by atoms with van der Waals surface area (Å²) >= 11 is 7.29. The lowest BCUT2D eigenvalue weighted by molar-refractivity contribution is 0.543. The molecule has 0 radical (unpaired) electrons. The topological polar surface area (TPSA) is 63.8 Å². The maximum Gasteiger partial charge on any atom is 0.0861 e. The van der Waals surface area contributed by atoms with Crippen molar-refractivity contribution in [3.8, 4) is 0 Å². The highest BCUT2D eigenvalue weighted by Crippen LogP contribution is 2.33. The number of nitrogens with zero attached hydrogens (tertiary/aromatic N) is 2. The van der Waals surface area contributed by atoms with Crippen molar-refractivity contribution in [2.45, 2.75) is 32.2 Å². The minimum atomic E-state index is -0.119. The second-order valence-electron chi connectivity index (χ2n) is 5.39. The zero-order valence-corrected chi connectivity index (χ0v) is 12.7. The molecule has 3 N–H and O–H groups in total. The molecule has 0 aliphatic carbocycles. The van der Waals surface area contributed by atoms with E-state index in [0.717, 1.165) is 16.1 Å². The number of hydrazine groups is 1. The largest absolute Gasteiger partial charge is 0.271 e. The molecular formula is C13H17ClN4S. The number of halogens is 1. The first-order valence-corrected chi connectivity index (χ1v) is 7.13. The van der Waals surface area contributed by atoms with Gasteiger partial charge in [0.2, 0.25) is 0 Å². The van der Waals surface area contributed by atoms with Gasteiger partial charge < -0.3 is 0 Å². The Labute approximate surface area is 122 Å². The Morgan fingerprint density at radius 2 is 1.89 bits per heavy atom. The van der Waals surface area contributed by atoms with Crippen molar-refractivity contribution >= 4 is 23.1 Å². The molecular weight excluding hydrogens is 280 g/mol. The van der Waals surface area contributed by atoms with E-state index in [0.29, 0.717) is 5.02 Å². The molecule has 0 spiro atoms. The molecule has 0 aliphatic heterocycles. The van der Waals surface area contributed by atoms with Gasteiger partial charge in [-0.15, -0.1) is 5.10 Å². The van der Waals surface area contributed by atoms with Gasteiger partial charge in [0.25, 0.3) is 0 Å². The normalized spacial score (nSPS) is 13.5. The van der Waals surface area contributed by atoms with Gasteiger partial charge in [-0.1, -0.05) is 49.0 Å². The van der Waals surface area contributed by atoms with Crippen LogP contribution in [-0.4, -0.2) is 9.59 Å². The van der Waals surface area contributed by atoms with Crippen molar-refractivity contribution in [1.29, 1.82) is 0 Å². The molecule has 0 saturated heterocycles. The highest BCUT2D eigenvalue weighted by molar-refractivity contribution is 7.05. The van der Waals surface area contributed by atoms with Crippen LogP contribution < -0.4 is 11.3 Å². The number of aromatic nitrogens is 2. The lowest BCUT2D eigenvalue weighted by atomic mass is 9.89. The second-order valence-corrected chi connectivity index (χ2v) is 6.61. The van der Waals surface area contributed by atoms with Crippen molar-refractivity contribution in [3.05, 3.63) is 45.4 Å². The number of benzene rings is 1. The average Bonchev–Trinajstić information content (AvgIpc) is 2.81. The van der Waals surface area contributed by atoms with Gasteiger partial charge in [-0.05, 0) is 29.2 Å². The molecule has 1 heterocycles. The van der Waals surface area contributed by atoms with E-state index in [4.69, 9.17) is 17.4 Å². The van der Waals surface area contributed by atoms with Gasteiger partial charge >= 0.3 is 0 Å². The highest BCUT2D eigenvalue weighted by Gasteiger charge is 2.27. The van der Waals surface area contributed by atoms with Gasteiger partial charge in [-0.3, -0.25) is 5.84 Å². The zero-order valence-electron chi connectivity index (χ0n) is 11.1. The van der Waals surface area contributed by atoms with Crippen molar-refractivity contribution in [2.75, 3.05) is 0 Å². The molecule has 0 saturated carbocycles. The molecule has 0 bridgehead atoms. The van der Waals surface area contributed by atoms with E-state index in [1.807, 2.05) is 24.3 Å². The summed E-state index contributed by atoms with van der Waals surface area (Å²) in [6.07, 6.45) is 0. The van der Waals surface area contributed by atoms with Gasteiger partial charge in [0.05, 0.1) is 16.6 Å². The fourth-order valence-corrected chi connectivity index (χ4v) is 2.96. The smallest absolute Gasteiger partial charge is 0.0861 e. The Kier molecular flexibility index (Phi) is 4.20. The quantitative estimate of drug-likeness (QED) is 0.675. The number of nitrogens with one attached hydrogen (secondary N) is 1. The van der Waals surface area contributed by atoms with Gasteiger partial charge in [-0.25, -0.2) is 5.43 Å². The monoisotopic (exact) mass is 296 g/mol. The first-order chi connectivity index (χ1) is 8.93. The van der Waals surface area contributed by atoms with E-state index in [1.165, 1.54) is 11.5 Å². The molecule has 1 atom stereocenters. The summed E-state index contributed by atoms with van der Waals surface area (Å²) < 4.78 is 4.07. The summed E-state index contributed by atoms with van der Waals surface area (Å²) in [5, 5.41) is 4.95. The van der Waals surface area contributed by atoms with Crippen LogP contribution in [0, 0.1) is 0 Å². The molecule has 0 amide bonds. The van der Waals surface area contributed by atoms with Crippen LogP contribution in [0.2, 0.25) is 5.02 Å². The Balaban J connectivity index is 2.43. The number of rotatable bonds is 3. The standard InChI is InChI=1S/C13H17ClN4S/c1-13(2,3)12-11(19-18-17-12)10(16-15)8-4-6-9(14)7-5-8/h4-7,10,16H,15H2,1-3H3. The lowest BCUT2D eigenvalue weighted by Gasteiger charge is -2.21. The number of nitrogens with two attached hydrogens (primary N) is 1. The molecule has 4 nitrogen and oxygen atoms in total. The molecule has 19 heavy (non-hydrogen) atoms. The minimum Gasteiger partial charge on any atom is -0.271 e. The molecule has 0 aliphatic rings. The molecule has 2 aromatic rings. The predicted molar refractivity (Wildman–Crippen MR) is 79.2 cm³/mol. The third kappa shape index (κ3) is 3.12. The van der Waals surface area contributed by atoms with E-state index >= 15 is 0 Å². The predicted octanol–water partition coefficient (Wildman–Crippen LogP) is 3.04. The van der Waals surface area contributed by atoms with Crippen LogP contribution in [0.3, 0.4) is 0 Å². The number of hydrogen-bond donors (Lipinski definition) is 2. The Bertz CT molecular complexity index is 545. The third-order valence-electron chi connectivity index (χ3n) is 2.86. The van der Waals surface area contributed by atoms with Crippen LogP contribution in [0.1, 0.15) is 42.9 Å². The van der Waals surface area contributed by atoms with Crippen molar-refractivity contribution in [1.82, 2.24) is 15.0 Å². The van der Waals surface area contributed by atoms with Crippen LogP contribution in [-0.2, 0) is 5.41 Å². The summed E-state index contributed by atoms with van der Waals surface area (Å²) in [6, 6.07) is 7.50. The summed E-state index contributed by atoms with van der Waals surface area (Å²) in [6.45, 7) is 6.34. The summed E-state index contributed by atoms with van der Waals surface area (Å²) in [5.41, 5.74) is 4.79. The lowest BCUT2D eigenvalue weighted by Crippen LogP contribution is -2.30. The molecule has 1 unspecified atom stereocenters. The Hall–Kier alpha value is -1.01. The summed E-state index contributed by atoms with van der Waals surface area (Å²) in [4.78, 5) is 1.04. The van der Waals surface area contributed by atoms with E-state index in [2.05, 4.69) is 35.8 Å².